The molecule has 1 heterocycles. The summed E-state index contributed by atoms with van der Waals surface area (Å²) in [5.41, 5.74) is 1.60. The van der Waals surface area contributed by atoms with Gasteiger partial charge in [-0.25, -0.2) is 8.42 Å². The Kier molecular flexibility index (Phi) is 5.43. The summed E-state index contributed by atoms with van der Waals surface area (Å²) in [6.07, 6.45) is 0.923. The average molecular weight is 386 g/mol. The molecule has 1 saturated heterocycles. The topological polar surface area (TPSA) is 94.6 Å². The highest BCUT2D eigenvalue weighted by molar-refractivity contribution is 7.89. The van der Waals surface area contributed by atoms with Crippen LogP contribution in [0.25, 0.3) is 0 Å². The van der Waals surface area contributed by atoms with Crippen molar-refractivity contribution in [2.24, 2.45) is 5.92 Å². The monoisotopic (exact) mass is 386 g/mol. The number of benzene rings is 2. The molecule has 0 bridgehead atoms. The van der Waals surface area contributed by atoms with E-state index in [9.17, 15) is 23.1 Å². The molecular formula is C20H20NO5S-. The first kappa shape index (κ1) is 19.3. The highest BCUT2D eigenvalue weighted by Crippen LogP contribution is 2.26. The van der Waals surface area contributed by atoms with Crippen LogP contribution in [0.1, 0.15) is 39.1 Å². The minimum absolute atomic E-state index is 0.0379. The van der Waals surface area contributed by atoms with E-state index in [4.69, 9.17) is 0 Å². The van der Waals surface area contributed by atoms with Gasteiger partial charge in [-0.15, -0.1) is 0 Å². The third kappa shape index (κ3) is 4.09. The summed E-state index contributed by atoms with van der Waals surface area (Å²) in [6, 6.07) is 12.4. The fraction of sp³-hybridized carbons (Fsp3) is 0.300. The highest BCUT2D eigenvalue weighted by Gasteiger charge is 2.32. The van der Waals surface area contributed by atoms with Crippen LogP contribution in [0.3, 0.4) is 0 Å². The summed E-state index contributed by atoms with van der Waals surface area (Å²) in [5.74, 6) is -1.50. The minimum atomic E-state index is -3.72. The van der Waals surface area contributed by atoms with Crippen molar-refractivity contribution in [1.29, 1.82) is 0 Å². The van der Waals surface area contributed by atoms with Crippen LogP contribution in [-0.4, -0.2) is 37.6 Å². The van der Waals surface area contributed by atoms with Gasteiger partial charge < -0.3 is 9.90 Å². The maximum Gasteiger partial charge on any atom is 0.243 e. The largest absolute Gasteiger partial charge is 0.545 e. The molecule has 2 aromatic rings. The second-order valence-electron chi connectivity index (χ2n) is 6.72. The number of Topliss-reactive ketones (excluding diaryl/α,β-unsaturated/α-hetero) is 1. The first-order valence-corrected chi connectivity index (χ1v) is 10.2. The van der Waals surface area contributed by atoms with Crippen molar-refractivity contribution in [1.82, 2.24) is 4.31 Å². The smallest absolute Gasteiger partial charge is 0.243 e. The van der Waals surface area contributed by atoms with Crippen molar-refractivity contribution in [3.8, 4) is 0 Å². The number of carboxylic acids is 1. The Bertz CT molecular complexity index is 958. The molecule has 2 aromatic carbocycles. The highest BCUT2D eigenvalue weighted by atomic mass is 32.2. The third-order valence-corrected chi connectivity index (χ3v) is 6.77. The molecule has 6 nitrogen and oxygen atoms in total. The molecule has 7 heteroatoms. The lowest BCUT2D eigenvalue weighted by atomic mass is 9.89. The maximum absolute atomic E-state index is 12.7. The van der Waals surface area contributed by atoms with E-state index in [1.165, 1.54) is 28.6 Å². The third-order valence-electron chi connectivity index (χ3n) is 4.86. The fourth-order valence-corrected chi connectivity index (χ4v) is 4.77. The van der Waals surface area contributed by atoms with Crippen LogP contribution in [0.5, 0.6) is 0 Å². The lowest BCUT2D eigenvalue weighted by Gasteiger charge is -2.30. The number of hydrogen-bond donors (Lipinski definition) is 0. The van der Waals surface area contributed by atoms with Crippen LogP contribution in [-0.2, 0) is 10.0 Å². The number of nitrogens with zero attached hydrogens (tertiary/aromatic N) is 1. The van der Waals surface area contributed by atoms with Gasteiger partial charge >= 0.3 is 0 Å². The van der Waals surface area contributed by atoms with Gasteiger partial charge in [-0.1, -0.05) is 35.9 Å². The van der Waals surface area contributed by atoms with Crippen molar-refractivity contribution in [2.45, 2.75) is 24.7 Å². The second kappa shape index (κ2) is 7.62. The normalized spacial score (nSPS) is 16.2. The van der Waals surface area contributed by atoms with Crippen molar-refractivity contribution in [3.05, 3.63) is 65.2 Å². The van der Waals surface area contributed by atoms with Crippen LogP contribution in [0, 0.1) is 12.8 Å². The van der Waals surface area contributed by atoms with Crippen molar-refractivity contribution in [3.63, 3.8) is 0 Å². The van der Waals surface area contributed by atoms with Crippen LogP contribution in [0.4, 0.5) is 0 Å². The lowest BCUT2D eigenvalue weighted by molar-refractivity contribution is -0.255. The Labute approximate surface area is 158 Å². The number of aryl methyl sites for hydroxylation is 1. The standard InChI is InChI=1S/C20H21NO5S/c1-14-3-2-4-17(13-14)19(22)15-9-11-21(12-10-15)27(25,26)18-7-5-16(6-8-18)20(23)24/h2-8,13,15H,9-12H2,1H3,(H,23,24)/p-1. The van der Waals surface area contributed by atoms with E-state index in [2.05, 4.69) is 0 Å². The van der Waals surface area contributed by atoms with Gasteiger partial charge in [-0.05, 0) is 43.5 Å². The molecule has 0 spiro atoms. The Morgan fingerprint density at radius 2 is 1.63 bits per heavy atom. The summed E-state index contributed by atoms with van der Waals surface area (Å²) in [5, 5.41) is 10.8. The van der Waals surface area contributed by atoms with Gasteiger partial charge in [0.25, 0.3) is 0 Å². The zero-order valence-electron chi connectivity index (χ0n) is 14.9. The number of carbonyl (C=O) groups is 2. The van der Waals surface area contributed by atoms with E-state index in [0.29, 0.717) is 18.4 Å². The minimum Gasteiger partial charge on any atom is -0.545 e. The molecule has 0 amide bonds. The Balaban J connectivity index is 1.69. The number of carbonyl (C=O) groups excluding carboxylic acids is 2. The number of piperidine rings is 1. The predicted octanol–water partition coefficient (Wildman–Crippen LogP) is 1.64. The number of carboxylic acid groups (broad SMARTS) is 1. The second-order valence-corrected chi connectivity index (χ2v) is 8.66. The van der Waals surface area contributed by atoms with Crippen LogP contribution < -0.4 is 5.11 Å². The molecule has 0 N–H and O–H groups in total. The number of rotatable bonds is 5. The molecule has 0 aliphatic carbocycles. The summed E-state index contributed by atoms with van der Waals surface area (Å²) in [7, 11) is -3.72. The first-order chi connectivity index (χ1) is 12.8. The Morgan fingerprint density at radius 1 is 1.00 bits per heavy atom. The summed E-state index contributed by atoms with van der Waals surface area (Å²) in [4.78, 5) is 23.5. The molecule has 1 fully saturated rings. The Hall–Kier alpha value is -2.51. The van der Waals surface area contributed by atoms with Gasteiger partial charge in [0.05, 0.1) is 10.9 Å². The van der Waals surface area contributed by atoms with E-state index in [0.717, 1.165) is 5.56 Å². The molecule has 1 aliphatic rings. The van der Waals surface area contributed by atoms with Gasteiger partial charge in [-0.2, -0.15) is 4.31 Å². The molecule has 1 aliphatic heterocycles. The number of sulfonamides is 1. The number of aromatic carboxylic acids is 1. The first-order valence-electron chi connectivity index (χ1n) is 8.71. The van der Waals surface area contributed by atoms with E-state index in [1.54, 1.807) is 6.07 Å². The summed E-state index contributed by atoms with van der Waals surface area (Å²) >= 11 is 0. The van der Waals surface area contributed by atoms with Crippen molar-refractivity contribution >= 4 is 21.8 Å². The Morgan fingerprint density at radius 3 is 2.19 bits per heavy atom. The van der Waals surface area contributed by atoms with Crippen LogP contribution >= 0.6 is 0 Å². The number of ketones is 1. The molecule has 0 aromatic heterocycles. The van der Waals surface area contributed by atoms with Gasteiger partial charge in [0.2, 0.25) is 10.0 Å². The van der Waals surface area contributed by atoms with Crippen molar-refractivity contribution < 1.29 is 23.1 Å². The van der Waals surface area contributed by atoms with Gasteiger partial charge in [-0.3, -0.25) is 4.79 Å². The summed E-state index contributed by atoms with van der Waals surface area (Å²) < 4.78 is 26.8. The van der Waals surface area contributed by atoms with Crippen LogP contribution in [0.15, 0.2) is 53.4 Å². The van der Waals surface area contributed by atoms with E-state index in [1.807, 2.05) is 25.1 Å². The molecule has 142 valence electrons. The molecule has 0 saturated carbocycles. The average Bonchev–Trinajstić information content (AvgIpc) is 2.67. The van der Waals surface area contributed by atoms with Gasteiger partial charge in [0, 0.05) is 24.6 Å². The molecule has 0 radical (unpaired) electrons. The van der Waals surface area contributed by atoms with Gasteiger partial charge in [0.15, 0.2) is 5.78 Å². The molecular weight excluding hydrogens is 366 g/mol. The van der Waals surface area contributed by atoms with Crippen molar-refractivity contribution in [2.75, 3.05) is 13.1 Å². The van der Waals surface area contributed by atoms with Crippen LogP contribution in [0.2, 0.25) is 0 Å². The molecule has 27 heavy (non-hydrogen) atoms. The fourth-order valence-electron chi connectivity index (χ4n) is 3.30. The van der Waals surface area contributed by atoms with E-state index in [-0.39, 0.29) is 35.2 Å². The number of hydrogen-bond acceptors (Lipinski definition) is 5. The van der Waals surface area contributed by atoms with E-state index < -0.39 is 16.0 Å². The maximum atomic E-state index is 12.7. The molecule has 0 atom stereocenters. The zero-order chi connectivity index (χ0) is 19.6. The van der Waals surface area contributed by atoms with E-state index >= 15 is 0 Å². The molecule has 3 rings (SSSR count). The predicted molar refractivity (Wildman–Crippen MR) is 97.8 cm³/mol. The SMILES string of the molecule is Cc1cccc(C(=O)C2CCN(S(=O)(=O)c3ccc(C(=O)[O-])cc3)CC2)c1. The quantitative estimate of drug-likeness (QED) is 0.728. The zero-order valence-corrected chi connectivity index (χ0v) is 15.7. The summed E-state index contributed by atoms with van der Waals surface area (Å²) in [6.45, 7) is 2.44. The van der Waals surface area contributed by atoms with Gasteiger partial charge in [0.1, 0.15) is 0 Å². The molecule has 0 unspecified atom stereocenters. The lowest BCUT2D eigenvalue weighted by Crippen LogP contribution is -2.40.